The summed E-state index contributed by atoms with van der Waals surface area (Å²) in [4.78, 5) is 57.3. The van der Waals surface area contributed by atoms with Gasteiger partial charge in [-0.25, -0.2) is 14.6 Å². The molecule has 0 unspecified atom stereocenters. The zero-order chi connectivity index (χ0) is 35.1. The Labute approximate surface area is 292 Å². The first kappa shape index (κ1) is 35.8. The highest BCUT2D eigenvalue weighted by Gasteiger charge is 2.29. The number of carbonyl (C=O) groups excluding carboxylic acids is 3. The number of aryl methyl sites for hydroxylation is 2. The maximum absolute atomic E-state index is 13.8. The van der Waals surface area contributed by atoms with Crippen molar-refractivity contribution in [1.82, 2.24) is 45.6 Å². The standard InChI is InChI=1S/C36H47N9O3S/c1-22(2)15-29-36-42-31(21-49-36)35(48)41-28(16-26-12-8-7-9-13-26)34-38-25(6)43-45(34)20-33(47)40-30(23(3)4)18-44(19-32(46)39-29)17-27-14-10-11-24(5)37-27/h7-14,21-23,28-30H,15-20H2,1-6H3,(H,39,46)(H,40,47)(H,41,48)/t28-,29-,30+/m0/s1. The number of aromatic nitrogens is 5. The van der Waals surface area contributed by atoms with Gasteiger partial charge in [0.25, 0.3) is 5.91 Å². The molecule has 0 saturated heterocycles. The summed E-state index contributed by atoms with van der Waals surface area (Å²) >= 11 is 1.36. The van der Waals surface area contributed by atoms with E-state index in [1.165, 1.54) is 11.3 Å². The van der Waals surface area contributed by atoms with Gasteiger partial charge < -0.3 is 16.0 Å². The summed E-state index contributed by atoms with van der Waals surface area (Å²) < 4.78 is 1.58. The van der Waals surface area contributed by atoms with Crippen LogP contribution in [-0.4, -0.2) is 66.5 Å². The summed E-state index contributed by atoms with van der Waals surface area (Å²) in [6.07, 6.45) is 1.09. The summed E-state index contributed by atoms with van der Waals surface area (Å²) in [5.41, 5.74) is 2.98. The summed E-state index contributed by atoms with van der Waals surface area (Å²) in [7, 11) is 0. The van der Waals surface area contributed by atoms with Crippen molar-refractivity contribution in [1.29, 1.82) is 0 Å². The Morgan fingerprint density at radius 1 is 0.857 bits per heavy atom. The number of nitrogens with one attached hydrogen (secondary N) is 3. The average Bonchev–Trinajstić information content (AvgIpc) is 3.67. The molecule has 0 saturated carbocycles. The molecule has 1 aliphatic rings. The summed E-state index contributed by atoms with van der Waals surface area (Å²) in [6, 6.07) is 14.4. The highest BCUT2D eigenvalue weighted by Crippen LogP contribution is 2.26. The largest absolute Gasteiger partial charge is 0.350 e. The van der Waals surface area contributed by atoms with Crippen molar-refractivity contribution in [2.75, 3.05) is 13.1 Å². The molecule has 12 nitrogen and oxygen atoms in total. The van der Waals surface area contributed by atoms with E-state index < -0.39 is 6.04 Å². The summed E-state index contributed by atoms with van der Waals surface area (Å²) in [5.74, 6) is 0.537. The highest BCUT2D eigenvalue weighted by molar-refractivity contribution is 7.09. The zero-order valence-corrected chi connectivity index (χ0v) is 30.0. The van der Waals surface area contributed by atoms with Crippen LogP contribution in [0.4, 0.5) is 0 Å². The lowest BCUT2D eigenvalue weighted by Crippen LogP contribution is -2.50. The van der Waals surface area contributed by atoms with E-state index >= 15 is 0 Å². The first-order valence-electron chi connectivity index (χ1n) is 16.9. The lowest BCUT2D eigenvalue weighted by Gasteiger charge is -2.30. The lowest BCUT2D eigenvalue weighted by molar-refractivity contribution is -0.123. The normalized spacial score (nSPS) is 19.9. The van der Waals surface area contributed by atoms with Gasteiger partial charge in [-0.15, -0.1) is 11.3 Å². The van der Waals surface area contributed by atoms with Crippen LogP contribution < -0.4 is 16.0 Å². The number of carbonyl (C=O) groups is 3. The Morgan fingerprint density at radius 2 is 1.61 bits per heavy atom. The summed E-state index contributed by atoms with van der Waals surface area (Å²) in [5, 5.41) is 16.5. The van der Waals surface area contributed by atoms with Crippen molar-refractivity contribution >= 4 is 29.1 Å². The maximum atomic E-state index is 13.8. The van der Waals surface area contributed by atoms with Crippen LogP contribution in [-0.2, 0) is 29.1 Å². The minimum Gasteiger partial charge on any atom is -0.350 e. The number of hydrogen-bond acceptors (Lipinski definition) is 9. The first-order chi connectivity index (χ1) is 23.4. The Kier molecular flexibility index (Phi) is 11.9. The number of nitrogens with zero attached hydrogens (tertiary/aromatic N) is 6. The number of rotatable bonds is 7. The first-order valence-corrected chi connectivity index (χ1v) is 17.8. The van der Waals surface area contributed by atoms with Gasteiger partial charge in [-0.1, -0.05) is 64.1 Å². The Bertz CT molecular complexity index is 1740. The lowest BCUT2D eigenvalue weighted by atomic mass is 10.0. The van der Waals surface area contributed by atoms with E-state index in [1.54, 1.807) is 17.0 Å². The predicted molar refractivity (Wildman–Crippen MR) is 189 cm³/mol. The van der Waals surface area contributed by atoms with E-state index in [-0.39, 0.29) is 60.4 Å². The fourth-order valence-electron chi connectivity index (χ4n) is 6.01. The van der Waals surface area contributed by atoms with Crippen molar-refractivity contribution in [3.63, 3.8) is 0 Å². The quantitative estimate of drug-likeness (QED) is 0.261. The number of benzene rings is 1. The molecular formula is C36H47N9O3S. The van der Waals surface area contributed by atoms with Gasteiger partial charge in [0.05, 0.1) is 24.3 Å². The van der Waals surface area contributed by atoms with Crippen molar-refractivity contribution in [2.24, 2.45) is 11.8 Å². The Morgan fingerprint density at radius 3 is 2.33 bits per heavy atom. The SMILES string of the molecule is Cc1cccc(CN2CC(=O)N[C@@H](CC(C)C)c3nc(cs3)C(=O)N[C@@H](Cc3ccccc3)c3nc(C)nn3CC(=O)N[C@@H](C(C)C)C2)n1. The van der Waals surface area contributed by atoms with Crippen LogP contribution in [0, 0.1) is 25.7 Å². The molecule has 0 aliphatic carbocycles. The van der Waals surface area contributed by atoms with Crippen LogP contribution in [0.25, 0.3) is 0 Å². The molecule has 0 radical (unpaired) electrons. The van der Waals surface area contributed by atoms with Gasteiger partial charge in [-0.05, 0) is 56.2 Å². The molecule has 260 valence electrons. The van der Waals surface area contributed by atoms with Crippen molar-refractivity contribution in [3.05, 3.63) is 93.2 Å². The third kappa shape index (κ3) is 10.0. The van der Waals surface area contributed by atoms with Gasteiger partial charge in [0.15, 0.2) is 5.82 Å². The monoisotopic (exact) mass is 685 g/mol. The van der Waals surface area contributed by atoms with E-state index in [4.69, 9.17) is 9.97 Å². The molecule has 3 amide bonds. The molecule has 5 rings (SSSR count). The van der Waals surface area contributed by atoms with Crippen LogP contribution >= 0.6 is 11.3 Å². The molecule has 3 atom stereocenters. The Balaban J connectivity index is 1.53. The highest BCUT2D eigenvalue weighted by atomic mass is 32.1. The molecule has 2 bridgehead atoms. The van der Waals surface area contributed by atoms with Crippen molar-refractivity contribution in [2.45, 2.75) is 85.6 Å². The molecular weight excluding hydrogens is 639 g/mol. The maximum Gasteiger partial charge on any atom is 0.271 e. The van der Waals surface area contributed by atoms with E-state index in [9.17, 15) is 14.4 Å². The fourth-order valence-corrected chi connectivity index (χ4v) is 6.88. The number of hydrogen-bond donors (Lipinski definition) is 3. The predicted octanol–water partition coefficient (Wildman–Crippen LogP) is 4.32. The van der Waals surface area contributed by atoms with Crippen molar-refractivity contribution < 1.29 is 14.4 Å². The second kappa shape index (κ2) is 16.3. The molecule has 0 spiro atoms. The van der Waals surface area contributed by atoms with Crippen LogP contribution in [0.3, 0.4) is 0 Å². The van der Waals surface area contributed by atoms with Gasteiger partial charge in [-0.3, -0.25) is 24.3 Å². The molecule has 4 aromatic rings. The zero-order valence-electron chi connectivity index (χ0n) is 29.1. The smallest absolute Gasteiger partial charge is 0.271 e. The van der Waals surface area contributed by atoms with Gasteiger partial charge in [0, 0.05) is 30.2 Å². The van der Waals surface area contributed by atoms with E-state index in [2.05, 4.69) is 53.7 Å². The van der Waals surface area contributed by atoms with Gasteiger partial charge >= 0.3 is 0 Å². The van der Waals surface area contributed by atoms with Crippen LogP contribution in [0.5, 0.6) is 0 Å². The molecule has 3 N–H and O–H groups in total. The van der Waals surface area contributed by atoms with Crippen LogP contribution in [0.2, 0.25) is 0 Å². The molecule has 1 aliphatic heterocycles. The molecule has 4 heterocycles. The third-order valence-electron chi connectivity index (χ3n) is 8.40. The summed E-state index contributed by atoms with van der Waals surface area (Å²) in [6.45, 7) is 12.9. The Hall–Kier alpha value is -4.49. The van der Waals surface area contributed by atoms with Crippen LogP contribution in [0.1, 0.15) is 90.3 Å². The van der Waals surface area contributed by atoms with E-state index in [0.717, 1.165) is 17.0 Å². The second-order valence-corrected chi connectivity index (χ2v) is 14.5. The number of amides is 3. The fraction of sp³-hybridized carbons (Fsp3) is 0.472. The average molecular weight is 686 g/mol. The number of fused-ring (bicyclic) bond motifs is 3. The van der Waals surface area contributed by atoms with E-state index in [1.807, 2.05) is 60.4 Å². The molecule has 3 aromatic heterocycles. The molecule has 49 heavy (non-hydrogen) atoms. The number of pyridine rings is 1. The second-order valence-electron chi connectivity index (χ2n) is 13.6. The van der Waals surface area contributed by atoms with E-state index in [0.29, 0.717) is 42.6 Å². The minimum atomic E-state index is -0.586. The third-order valence-corrected chi connectivity index (χ3v) is 9.36. The van der Waals surface area contributed by atoms with Gasteiger partial charge in [-0.2, -0.15) is 5.10 Å². The van der Waals surface area contributed by atoms with Gasteiger partial charge in [0.2, 0.25) is 11.8 Å². The molecule has 0 fully saturated rings. The number of thiazole rings is 1. The van der Waals surface area contributed by atoms with Crippen molar-refractivity contribution in [3.8, 4) is 0 Å². The molecule has 1 aromatic carbocycles. The molecule has 13 heteroatoms. The van der Waals surface area contributed by atoms with Gasteiger partial charge in [0.1, 0.15) is 23.1 Å². The van der Waals surface area contributed by atoms with Crippen LogP contribution in [0.15, 0.2) is 53.9 Å². The topological polar surface area (TPSA) is 147 Å². The minimum absolute atomic E-state index is 0.0649.